The Morgan fingerprint density at radius 2 is 1.46 bits per heavy atom. The minimum Gasteiger partial charge on any atom is -0.312 e. The summed E-state index contributed by atoms with van der Waals surface area (Å²) in [4.78, 5) is 0. The first-order valence-corrected chi connectivity index (χ1v) is 14.2. The summed E-state index contributed by atoms with van der Waals surface area (Å²) in [6, 6.07) is 35.0. The molecule has 2 nitrogen and oxygen atoms in total. The van der Waals surface area contributed by atoms with Crippen molar-refractivity contribution >= 4 is 22.5 Å². The minimum atomic E-state index is 0.376. The molecule has 0 saturated heterocycles. The van der Waals surface area contributed by atoms with E-state index in [0.29, 0.717) is 12.3 Å². The fraction of sp³-hybridized carbons (Fsp3) is 0.250. The number of fused-ring (bicyclic) bond motifs is 1. The maximum atomic E-state index is 9.64. The molecule has 4 aromatic carbocycles. The molecule has 5 rings (SSSR count). The third-order valence-electron chi connectivity index (χ3n) is 7.57. The number of rotatable bonds is 9. The predicted octanol–water partition coefficient (Wildman–Crippen LogP) is 9.23. The second-order valence-corrected chi connectivity index (χ2v) is 11.3. The molecule has 0 radical (unpaired) electrons. The van der Waals surface area contributed by atoms with E-state index in [4.69, 9.17) is 11.6 Å². The van der Waals surface area contributed by atoms with Crippen LogP contribution in [0.2, 0.25) is 5.02 Å². The largest absolute Gasteiger partial charge is 0.312 e. The normalized spacial score (nSPS) is 11.3. The van der Waals surface area contributed by atoms with Crippen LogP contribution >= 0.6 is 11.6 Å². The summed E-state index contributed by atoms with van der Waals surface area (Å²) in [6.45, 7) is 6.66. The van der Waals surface area contributed by atoms with Gasteiger partial charge in [0, 0.05) is 21.8 Å². The molecule has 1 heterocycles. The summed E-state index contributed by atoms with van der Waals surface area (Å²) < 4.78 is 2.26. The average Bonchev–Trinajstić information content (AvgIpc) is 3.20. The predicted molar refractivity (Wildman–Crippen MR) is 164 cm³/mol. The molecule has 0 atom stereocenters. The Morgan fingerprint density at radius 3 is 2.15 bits per heavy atom. The van der Waals surface area contributed by atoms with Gasteiger partial charge in [0.15, 0.2) is 0 Å². The Labute approximate surface area is 237 Å². The number of aromatic nitrogens is 1. The molecule has 0 bridgehead atoms. The molecule has 1 aromatic heterocycles. The smallest absolute Gasteiger partial charge is 0.0761 e. The van der Waals surface area contributed by atoms with Crippen molar-refractivity contribution in [1.29, 1.82) is 5.26 Å². The molecule has 0 saturated carbocycles. The van der Waals surface area contributed by atoms with Crippen molar-refractivity contribution in [1.82, 2.24) is 4.57 Å². The van der Waals surface area contributed by atoms with E-state index < -0.39 is 0 Å². The van der Waals surface area contributed by atoms with E-state index >= 15 is 0 Å². The third-order valence-corrected chi connectivity index (χ3v) is 7.93. The van der Waals surface area contributed by atoms with Crippen molar-refractivity contribution in [2.75, 3.05) is 0 Å². The van der Waals surface area contributed by atoms with E-state index in [1.54, 1.807) is 0 Å². The number of aryl methyl sites for hydroxylation is 3. The van der Waals surface area contributed by atoms with E-state index in [1.165, 1.54) is 38.8 Å². The summed E-state index contributed by atoms with van der Waals surface area (Å²) >= 11 is 6.35. The van der Waals surface area contributed by atoms with Crippen LogP contribution in [0.15, 0.2) is 91.0 Å². The van der Waals surface area contributed by atoms with Gasteiger partial charge in [0.25, 0.3) is 0 Å². The lowest BCUT2D eigenvalue weighted by Crippen LogP contribution is -2.01. The van der Waals surface area contributed by atoms with Gasteiger partial charge in [-0.3, -0.25) is 0 Å². The molecule has 0 spiro atoms. The van der Waals surface area contributed by atoms with Crippen LogP contribution in [0.1, 0.15) is 52.9 Å². The zero-order valence-electron chi connectivity index (χ0n) is 23.0. The van der Waals surface area contributed by atoms with Crippen LogP contribution in [0.25, 0.3) is 16.6 Å². The molecule has 5 aromatic rings. The van der Waals surface area contributed by atoms with E-state index in [-0.39, 0.29) is 0 Å². The second-order valence-electron chi connectivity index (χ2n) is 10.9. The van der Waals surface area contributed by atoms with Crippen molar-refractivity contribution in [2.24, 2.45) is 5.92 Å². The number of hydrogen-bond donors (Lipinski definition) is 0. The topological polar surface area (TPSA) is 28.7 Å². The first-order chi connectivity index (χ1) is 18.9. The molecule has 0 aliphatic heterocycles. The number of halogens is 1. The fourth-order valence-electron chi connectivity index (χ4n) is 5.53. The van der Waals surface area contributed by atoms with Gasteiger partial charge in [-0.15, -0.1) is 0 Å². The highest BCUT2D eigenvalue weighted by atomic mass is 35.5. The Kier molecular flexibility index (Phi) is 8.20. The first kappa shape index (κ1) is 26.8. The number of benzene rings is 4. The third kappa shape index (κ3) is 6.11. The van der Waals surface area contributed by atoms with Crippen LogP contribution in [0.5, 0.6) is 0 Å². The highest BCUT2D eigenvalue weighted by Crippen LogP contribution is 2.31. The minimum absolute atomic E-state index is 0.376. The van der Waals surface area contributed by atoms with Gasteiger partial charge in [0.05, 0.1) is 18.0 Å². The summed E-state index contributed by atoms with van der Waals surface area (Å²) in [7, 11) is 0. The Balaban J connectivity index is 1.41. The van der Waals surface area contributed by atoms with E-state index in [2.05, 4.69) is 104 Å². The SMILES string of the molecule is Cc1c(CC#N)n(-c2ccc(CCc3ccccc3Cl)cc2)c2ccc(Cc3ccc(CC(C)C)cc3)cc12. The standard InChI is InChI=1S/C36H35ClN2/c1-25(2)22-28-8-10-29(11-9-28)23-30-15-19-36-33(24-30)26(3)35(20-21-38)39(36)32-17-13-27(14-18-32)12-16-31-6-4-5-7-34(31)37/h4-11,13-15,17-19,24-25H,12,16,20,22-23H2,1-3H3. The molecule has 0 unspecified atom stereocenters. The summed E-state index contributed by atoms with van der Waals surface area (Å²) in [5.74, 6) is 0.664. The van der Waals surface area contributed by atoms with Crippen LogP contribution in [0.3, 0.4) is 0 Å². The average molecular weight is 531 g/mol. The zero-order chi connectivity index (χ0) is 27.4. The van der Waals surface area contributed by atoms with Crippen LogP contribution in [-0.4, -0.2) is 4.57 Å². The highest BCUT2D eigenvalue weighted by molar-refractivity contribution is 6.31. The van der Waals surface area contributed by atoms with E-state index in [0.717, 1.165) is 47.6 Å². The Bertz CT molecular complexity index is 1620. The maximum absolute atomic E-state index is 9.64. The molecule has 0 fully saturated rings. The van der Waals surface area contributed by atoms with E-state index in [9.17, 15) is 5.26 Å². The van der Waals surface area contributed by atoms with E-state index in [1.807, 2.05) is 18.2 Å². The molecular weight excluding hydrogens is 496 g/mol. The lowest BCUT2D eigenvalue weighted by molar-refractivity contribution is 0.647. The van der Waals surface area contributed by atoms with Crippen molar-refractivity contribution < 1.29 is 0 Å². The maximum Gasteiger partial charge on any atom is 0.0761 e. The molecular formula is C36H35ClN2. The number of nitriles is 1. The lowest BCUT2D eigenvalue weighted by atomic mass is 9.98. The van der Waals surface area contributed by atoms with Crippen LogP contribution in [-0.2, 0) is 32.1 Å². The Morgan fingerprint density at radius 1 is 0.795 bits per heavy atom. The van der Waals surface area contributed by atoms with Crippen LogP contribution < -0.4 is 0 Å². The fourth-order valence-corrected chi connectivity index (χ4v) is 5.76. The summed E-state index contributed by atoms with van der Waals surface area (Å²) in [5.41, 5.74) is 10.9. The van der Waals surface area contributed by atoms with Gasteiger partial charge in [-0.2, -0.15) is 5.26 Å². The van der Waals surface area contributed by atoms with Gasteiger partial charge < -0.3 is 4.57 Å². The lowest BCUT2D eigenvalue weighted by Gasteiger charge is -2.12. The van der Waals surface area contributed by atoms with Crippen LogP contribution in [0.4, 0.5) is 0 Å². The number of hydrogen-bond acceptors (Lipinski definition) is 1. The van der Waals surface area contributed by atoms with Crippen molar-refractivity contribution in [3.8, 4) is 11.8 Å². The quantitative estimate of drug-likeness (QED) is 0.187. The molecule has 0 N–H and O–H groups in total. The van der Waals surface area contributed by atoms with Gasteiger partial charge >= 0.3 is 0 Å². The van der Waals surface area contributed by atoms with Gasteiger partial charge in [-0.1, -0.05) is 86.1 Å². The molecule has 0 amide bonds. The second kappa shape index (κ2) is 11.9. The summed E-state index contributed by atoms with van der Waals surface area (Å²) in [5, 5.41) is 11.7. The Hall–Kier alpha value is -3.80. The molecule has 39 heavy (non-hydrogen) atoms. The molecule has 3 heteroatoms. The van der Waals surface area contributed by atoms with Gasteiger partial charge in [0.2, 0.25) is 0 Å². The van der Waals surface area contributed by atoms with Crippen LogP contribution in [0, 0.1) is 24.2 Å². The molecule has 0 aliphatic carbocycles. The highest BCUT2D eigenvalue weighted by Gasteiger charge is 2.16. The van der Waals surface area contributed by atoms with Gasteiger partial charge in [-0.25, -0.2) is 0 Å². The molecule has 196 valence electrons. The first-order valence-electron chi connectivity index (χ1n) is 13.8. The summed E-state index contributed by atoms with van der Waals surface area (Å²) in [6.07, 6.45) is 4.23. The van der Waals surface area contributed by atoms with Gasteiger partial charge in [0.1, 0.15) is 0 Å². The van der Waals surface area contributed by atoms with Crippen molar-refractivity contribution in [2.45, 2.75) is 52.9 Å². The molecule has 0 aliphatic rings. The number of nitrogens with zero attached hydrogens (tertiary/aromatic N) is 2. The van der Waals surface area contributed by atoms with Crippen molar-refractivity contribution in [3.63, 3.8) is 0 Å². The van der Waals surface area contributed by atoms with Gasteiger partial charge in [-0.05, 0) is 102 Å². The zero-order valence-corrected chi connectivity index (χ0v) is 23.8. The van der Waals surface area contributed by atoms with Crippen molar-refractivity contribution in [3.05, 3.63) is 135 Å². The monoisotopic (exact) mass is 530 g/mol.